The molecule has 1 aliphatic rings. The van der Waals surface area contributed by atoms with Crippen LogP contribution >= 0.6 is 0 Å². The van der Waals surface area contributed by atoms with Crippen LogP contribution in [0.5, 0.6) is 0 Å². The Balaban J connectivity index is 1.87. The number of hydrogen-bond donors (Lipinski definition) is 1. The van der Waals surface area contributed by atoms with E-state index >= 15 is 0 Å². The van der Waals surface area contributed by atoms with Crippen molar-refractivity contribution in [3.05, 3.63) is 23.9 Å². The van der Waals surface area contributed by atoms with Crippen molar-refractivity contribution < 1.29 is 9.59 Å². The first kappa shape index (κ1) is 16.5. The zero-order valence-corrected chi connectivity index (χ0v) is 13.8. The molecule has 0 aliphatic carbocycles. The second-order valence-electron chi connectivity index (χ2n) is 7.03. The molecular weight excluding hydrogens is 278 g/mol. The summed E-state index contributed by atoms with van der Waals surface area (Å²) in [7, 11) is 0. The van der Waals surface area contributed by atoms with E-state index in [0.29, 0.717) is 31.7 Å². The fourth-order valence-corrected chi connectivity index (χ4v) is 2.59. The Hall–Kier alpha value is -1.91. The molecule has 1 N–H and O–H groups in total. The van der Waals surface area contributed by atoms with Crippen LogP contribution in [0.15, 0.2) is 18.3 Å². The van der Waals surface area contributed by atoms with Gasteiger partial charge in [0.25, 0.3) is 0 Å². The average molecular weight is 303 g/mol. The molecule has 1 fully saturated rings. The van der Waals surface area contributed by atoms with Gasteiger partial charge in [-0.2, -0.15) is 0 Å². The number of carbonyl (C=O) groups excluding carboxylic acids is 2. The largest absolute Gasteiger partial charge is 0.342 e. The zero-order chi connectivity index (χ0) is 16.3. The van der Waals surface area contributed by atoms with E-state index in [0.717, 1.165) is 5.56 Å². The monoisotopic (exact) mass is 303 g/mol. The van der Waals surface area contributed by atoms with Gasteiger partial charge in [0.2, 0.25) is 11.8 Å². The fourth-order valence-electron chi connectivity index (χ4n) is 2.59. The topological polar surface area (TPSA) is 62.3 Å². The minimum absolute atomic E-state index is 0.000731. The highest BCUT2D eigenvalue weighted by atomic mass is 16.2. The summed E-state index contributed by atoms with van der Waals surface area (Å²) in [6.45, 7) is 9.04. The van der Waals surface area contributed by atoms with Crippen LogP contribution in [-0.4, -0.2) is 34.8 Å². The van der Waals surface area contributed by atoms with E-state index in [-0.39, 0.29) is 23.1 Å². The van der Waals surface area contributed by atoms with Crippen molar-refractivity contribution in [2.24, 2.45) is 11.3 Å². The number of aryl methyl sites for hydroxylation is 1. The van der Waals surface area contributed by atoms with Crippen LogP contribution in [0.25, 0.3) is 0 Å². The molecule has 0 spiro atoms. The van der Waals surface area contributed by atoms with Gasteiger partial charge < -0.3 is 10.2 Å². The summed E-state index contributed by atoms with van der Waals surface area (Å²) in [6, 6.07) is 3.73. The summed E-state index contributed by atoms with van der Waals surface area (Å²) in [6.07, 6.45) is 3.15. The van der Waals surface area contributed by atoms with E-state index in [1.54, 1.807) is 6.20 Å². The minimum atomic E-state index is -0.360. The SMILES string of the molecule is Cc1ccc(NC(=O)C2CCN(C(=O)C(C)(C)C)CC2)nc1. The zero-order valence-electron chi connectivity index (χ0n) is 13.8. The Bertz CT molecular complexity index is 538. The maximum Gasteiger partial charge on any atom is 0.228 e. The fraction of sp³-hybridized carbons (Fsp3) is 0.588. The van der Waals surface area contributed by atoms with Crippen molar-refractivity contribution >= 4 is 17.6 Å². The van der Waals surface area contributed by atoms with Crippen LogP contribution in [-0.2, 0) is 9.59 Å². The second kappa shape index (κ2) is 6.46. The van der Waals surface area contributed by atoms with E-state index in [4.69, 9.17) is 0 Å². The van der Waals surface area contributed by atoms with Gasteiger partial charge in [-0.15, -0.1) is 0 Å². The van der Waals surface area contributed by atoms with Crippen LogP contribution < -0.4 is 5.32 Å². The van der Waals surface area contributed by atoms with E-state index in [1.165, 1.54) is 0 Å². The molecule has 0 aromatic carbocycles. The van der Waals surface area contributed by atoms with Crippen LogP contribution in [0.4, 0.5) is 5.82 Å². The third kappa shape index (κ3) is 4.06. The van der Waals surface area contributed by atoms with Gasteiger partial charge in [0.05, 0.1) is 0 Å². The van der Waals surface area contributed by atoms with Gasteiger partial charge in [-0.05, 0) is 31.4 Å². The quantitative estimate of drug-likeness (QED) is 0.913. The third-order valence-electron chi connectivity index (χ3n) is 3.96. The molecule has 5 heteroatoms. The smallest absolute Gasteiger partial charge is 0.228 e. The van der Waals surface area contributed by atoms with Gasteiger partial charge in [-0.3, -0.25) is 9.59 Å². The summed E-state index contributed by atoms with van der Waals surface area (Å²) in [5, 5.41) is 2.86. The van der Waals surface area contributed by atoms with Crippen LogP contribution in [0, 0.1) is 18.3 Å². The highest BCUT2D eigenvalue weighted by Gasteiger charge is 2.32. The highest BCUT2D eigenvalue weighted by Crippen LogP contribution is 2.24. The Kier molecular flexibility index (Phi) is 4.84. The van der Waals surface area contributed by atoms with Gasteiger partial charge in [-0.25, -0.2) is 4.98 Å². The first-order valence-corrected chi connectivity index (χ1v) is 7.80. The maximum atomic E-state index is 12.3. The molecule has 0 saturated carbocycles. The minimum Gasteiger partial charge on any atom is -0.342 e. The molecule has 22 heavy (non-hydrogen) atoms. The van der Waals surface area contributed by atoms with Gasteiger partial charge in [0.1, 0.15) is 5.82 Å². The summed E-state index contributed by atoms with van der Waals surface area (Å²) in [5.74, 6) is 0.696. The van der Waals surface area contributed by atoms with Gasteiger partial charge in [-0.1, -0.05) is 26.8 Å². The van der Waals surface area contributed by atoms with Crippen LogP contribution in [0.2, 0.25) is 0 Å². The molecule has 1 aliphatic heterocycles. The molecule has 120 valence electrons. The molecule has 0 bridgehead atoms. The summed E-state index contributed by atoms with van der Waals surface area (Å²) < 4.78 is 0. The van der Waals surface area contributed by atoms with E-state index in [2.05, 4.69) is 10.3 Å². The second-order valence-corrected chi connectivity index (χ2v) is 7.03. The number of carbonyl (C=O) groups is 2. The number of hydrogen-bond acceptors (Lipinski definition) is 3. The lowest BCUT2D eigenvalue weighted by molar-refractivity contribution is -0.142. The summed E-state index contributed by atoms with van der Waals surface area (Å²) in [5.41, 5.74) is 0.702. The number of rotatable bonds is 2. The predicted octanol–water partition coefficient (Wildman–Crippen LogP) is 2.61. The summed E-state index contributed by atoms with van der Waals surface area (Å²) >= 11 is 0. The molecule has 0 atom stereocenters. The molecule has 2 rings (SSSR count). The van der Waals surface area contributed by atoms with Gasteiger partial charge in [0.15, 0.2) is 0 Å². The van der Waals surface area contributed by atoms with Crippen molar-refractivity contribution in [3.8, 4) is 0 Å². The predicted molar refractivity (Wildman–Crippen MR) is 86.4 cm³/mol. The molecule has 0 radical (unpaired) electrons. The maximum absolute atomic E-state index is 12.3. The lowest BCUT2D eigenvalue weighted by Gasteiger charge is -2.35. The first-order chi connectivity index (χ1) is 10.3. The molecule has 2 amide bonds. The van der Waals surface area contributed by atoms with Crippen molar-refractivity contribution in [1.29, 1.82) is 0 Å². The standard InChI is InChI=1S/C17H25N3O2/c1-12-5-6-14(18-11-12)19-15(21)13-7-9-20(10-8-13)16(22)17(2,3)4/h5-6,11,13H,7-10H2,1-4H3,(H,18,19,21). The number of nitrogens with zero attached hydrogens (tertiary/aromatic N) is 2. The Labute approximate surface area is 132 Å². The lowest BCUT2D eigenvalue weighted by atomic mass is 9.90. The van der Waals surface area contributed by atoms with E-state index in [1.807, 2.05) is 44.7 Å². The molecular formula is C17H25N3O2. The molecule has 1 saturated heterocycles. The number of pyridine rings is 1. The Morgan fingerprint density at radius 2 is 1.86 bits per heavy atom. The van der Waals surface area contributed by atoms with Gasteiger partial charge in [0, 0.05) is 30.6 Å². The number of nitrogens with one attached hydrogen (secondary N) is 1. The normalized spacial score (nSPS) is 16.5. The van der Waals surface area contributed by atoms with Crippen molar-refractivity contribution in [3.63, 3.8) is 0 Å². The molecule has 1 aromatic rings. The van der Waals surface area contributed by atoms with Gasteiger partial charge >= 0.3 is 0 Å². The number of aromatic nitrogens is 1. The number of piperidine rings is 1. The van der Waals surface area contributed by atoms with E-state index in [9.17, 15) is 9.59 Å². The number of anilines is 1. The molecule has 1 aromatic heterocycles. The van der Waals surface area contributed by atoms with Crippen molar-refractivity contribution in [2.75, 3.05) is 18.4 Å². The van der Waals surface area contributed by atoms with Crippen LogP contribution in [0.1, 0.15) is 39.2 Å². The molecule has 5 nitrogen and oxygen atoms in total. The number of likely N-dealkylation sites (tertiary alicyclic amines) is 1. The lowest BCUT2D eigenvalue weighted by Crippen LogP contribution is -2.45. The Morgan fingerprint density at radius 3 is 2.36 bits per heavy atom. The summed E-state index contributed by atoms with van der Waals surface area (Å²) in [4.78, 5) is 30.6. The molecule has 0 unspecified atom stereocenters. The van der Waals surface area contributed by atoms with Crippen molar-refractivity contribution in [2.45, 2.75) is 40.5 Å². The molecule has 2 heterocycles. The third-order valence-corrected chi connectivity index (χ3v) is 3.96. The average Bonchev–Trinajstić information content (AvgIpc) is 2.48. The van der Waals surface area contributed by atoms with Crippen molar-refractivity contribution in [1.82, 2.24) is 9.88 Å². The highest BCUT2D eigenvalue weighted by molar-refractivity contribution is 5.92. The van der Waals surface area contributed by atoms with Crippen LogP contribution in [0.3, 0.4) is 0 Å². The van der Waals surface area contributed by atoms with E-state index < -0.39 is 0 Å². The first-order valence-electron chi connectivity index (χ1n) is 7.80. The number of amides is 2. The Morgan fingerprint density at radius 1 is 1.23 bits per heavy atom.